The Kier molecular flexibility index (Phi) is 4.48. The summed E-state index contributed by atoms with van der Waals surface area (Å²) in [5.41, 5.74) is 0.988. The number of carbonyl (C=O) groups is 1. The van der Waals surface area contributed by atoms with Crippen molar-refractivity contribution in [2.24, 2.45) is 0 Å². The number of halogens is 1. The topological polar surface area (TPSA) is 66.3 Å². The van der Waals surface area contributed by atoms with Crippen molar-refractivity contribution in [3.05, 3.63) is 41.7 Å². The third-order valence-electron chi connectivity index (χ3n) is 5.04. The van der Waals surface area contributed by atoms with Crippen LogP contribution >= 0.6 is 0 Å². The number of hydrogen-bond donors (Lipinski definition) is 1. The number of aromatic nitrogens is 3. The third-order valence-corrected chi connectivity index (χ3v) is 5.04. The summed E-state index contributed by atoms with van der Waals surface area (Å²) in [7, 11) is 0. The summed E-state index contributed by atoms with van der Waals surface area (Å²) in [4.78, 5) is 21.1. The minimum Gasteiger partial charge on any atom is -0.368 e. The average Bonchev–Trinajstić information content (AvgIpc) is 3.04. The lowest BCUT2D eigenvalue weighted by Gasteiger charge is -2.37. The molecule has 1 unspecified atom stereocenters. The molecule has 2 aliphatic heterocycles. The van der Waals surface area contributed by atoms with E-state index in [0.29, 0.717) is 13.1 Å². The maximum atomic E-state index is 13.1. The van der Waals surface area contributed by atoms with Crippen molar-refractivity contribution in [1.82, 2.24) is 25.0 Å². The van der Waals surface area contributed by atoms with Crippen molar-refractivity contribution in [2.45, 2.75) is 32.4 Å². The Labute approximate surface area is 151 Å². The zero-order chi connectivity index (χ0) is 18.1. The van der Waals surface area contributed by atoms with Crippen LogP contribution in [0, 0.1) is 12.7 Å². The number of hydrogen-bond acceptors (Lipinski definition) is 4. The first kappa shape index (κ1) is 16.8. The molecule has 1 fully saturated rings. The lowest BCUT2D eigenvalue weighted by atomic mass is 10.1. The molecule has 2 aliphatic rings. The van der Waals surface area contributed by atoms with E-state index in [2.05, 4.69) is 20.3 Å². The van der Waals surface area contributed by atoms with Gasteiger partial charge in [0.15, 0.2) is 0 Å². The fourth-order valence-corrected chi connectivity index (χ4v) is 3.67. The van der Waals surface area contributed by atoms with Gasteiger partial charge in [0.25, 0.3) is 0 Å². The van der Waals surface area contributed by atoms with E-state index >= 15 is 0 Å². The summed E-state index contributed by atoms with van der Waals surface area (Å²) >= 11 is 0. The Morgan fingerprint density at radius 1 is 1.15 bits per heavy atom. The SMILES string of the molecule is Cc1nc2n(n1)CCCC2NC(=O)N1CCN(c2ccc(F)cc2)CC1. The molecule has 3 heterocycles. The van der Waals surface area contributed by atoms with Gasteiger partial charge in [-0.05, 0) is 44.0 Å². The molecule has 8 heteroatoms. The van der Waals surface area contributed by atoms with E-state index < -0.39 is 0 Å². The minimum atomic E-state index is -0.234. The summed E-state index contributed by atoms with van der Waals surface area (Å²) in [5.74, 6) is 1.36. The summed E-state index contributed by atoms with van der Waals surface area (Å²) in [6.45, 7) is 5.49. The number of aryl methyl sites for hydroxylation is 2. The lowest BCUT2D eigenvalue weighted by Crippen LogP contribution is -2.52. The van der Waals surface area contributed by atoms with Crippen molar-refractivity contribution in [3.63, 3.8) is 0 Å². The van der Waals surface area contributed by atoms with Gasteiger partial charge in [-0.25, -0.2) is 18.9 Å². The minimum absolute atomic E-state index is 0.0529. The molecule has 1 saturated heterocycles. The molecule has 1 atom stereocenters. The Morgan fingerprint density at radius 3 is 2.62 bits per heavy atom. The van der Waals surface area contributed by atoms with E-state index in [9.17, 15) is 9.18 Å². The second kappa shape index (κ2) is 6.93. The van der Waals surface area contributed by atoms with Gasteiger partial charge < -0.3 is 15.1 Å². The van der Waals surface area contributed by atoms with Crippen molar-refractivity contribution >= 4 is 11.7 Å². The third kappa shape index (κ3) is 3.36. The highest BCUT2D eigenvalue weighted by molar-refractivity contribution is 5.75. The Morgan fingerprint density at radius 2 is 1.88 bits per heavy atom. The van der Waals surface area contributed by atoms with Gasteiger partial charge in [-0.1, -0.05) is 0 Å². The zero-order valence-corrected chi connectivity index (χ0v) is 14.9. The molecule has 4 rings (SSSR count). The maximum absolute atomic E-state index is 13.1. The Bertz CT molecular complexity index is 781. The first-order valence-corrected chi connectivity index (χ1v) is 9.07. The smallest absolute Gasteiger partial charge is 0.318 e. The second-order valence-corrected chi connectivity index (χ2v) is 6.84. The molecule has 7 nitrogen and oxygen atoms in total. The summed E-state index contributed by atoms with van der Waals surface area (Å²) in [6.07, 6.45) is 1.87. The van der Waals surface area contributed by atoms with E-state index in [4.69, 9.17) is 0 Å². The van der Waals surface area contributed by atoms with E-state index in [1.807, 2.05) is 16.5 Å². The molecule has 1 aromatic heterocycles. The van der Waals surface area contributed by atoms with Crippen molar-refractivity contribution in [3.8, 4) is 0 Å². The van der Waals surface area contributed by atoms with Crippen LogP contribution in [0.15, 0.2) is 24.3 Å². The summed E-state index contributed by atoms with van der Waals surface area (Å²) in [6, 6.07) is 6.37. The highest BCUT2D eigenvalue weighted by Crippen LogP contribution is 2.23. The molecule has 1 N–H and O–H groups in total. The molecular formula is C18H23FN6O. The Balaban J connectivity index is 1.35. The van der Waals surface area contributed by atoms with Crippen LogP contribution in [0.25, 0.3) is 0 Å². The number of urea groups is 1. The average molecular weight is 358 g/mol. The van der Waals surface area contributed by atoms with Crippen LogP contribution in [-0.4, -0.2) is 51.9 Å². The zero-order valence-electron chi connectivity index (χ0n) is 14.9. The van der Waals surface area contributed by atoms with Gasteiger partial charge in [-0.15, -0.1) is 0 Å². The van der Waals surface area contributed by atoms with Crippen LogP contribution in [-0.2, 0) is 6.54 Å². The van der Waals surface area contributed by atoms with Crippen LogP contribution in [0.2, 0.25) is 0 Å². The number of nitrogens with one attached hydrogen (secondary N) is 1. The second-order valence-electron chi connectivity index (χ2n) is 6.84. The number of amides is 2. The standard InChI is InChI=1S/C18H23FN6O/c1-13-20-17-16(3-2-8-25(17)22-13)21-18(26)24-11-9-23(10-12-24)15-6-4-14(19)5-7-15/h4-7,16H,2-3,8-12H2,1H3,(H,21,26). The highest BCUT2D eigenvalue weighted by Gasteiger charge is 2.28. The molecule has 0 bridgehead atoms. The van der Waals surface area contributed by atoms with Gasteiger partial charge in [0.2, 0.25) is 0 Å². The molecule has 0 aliphatic carbocycles. The van der Waals surface area contributed by atoms with Crippen LogP contribution in [0.3, 0.4) is 0 Å². The van der Waals surface area contributed by atoms with Crippen molar-refractivity contribution in [2.75, 3.05) is 31.1 Å². The molecule has 0 radical (unpaired) electrons. The lowest BCUT2D eigenvalue weighted by molar-refractivity contribution is 0.186. The quantitative estimate of drug-likeness (QED) is 0.893. The normalized spacial score (nSPS) is 20.0. The van der Waals surface area contributed by atoms with Gasteiger partial charge in [0, 0.05) is 38.4 Å². The number of piperazine rings is 1. The molecular weight excluding hydrogens is 335 g/mol. The molecule has 138 valence electrons. The van der Waals surface area contributed by atoms with E-state index in [1.165, 1.54) is 12.1 Å². The number of nitrogens with zero attached hydrogens (tertiary/aromatic N) is 5. The number of fused-ring (bicyclic) bond motifs is 1. The van der Waals surface area contributed by atoms with Gasteiger partial charge in [-0.2, -0.15) is 5.10 Å². The molecule has 2 amide bonds. The van der Waals surface area contributed by atoms with Crippen LogP contribution in [0.4, 0.5) is 14.9 Å². The van der Waals surface area contributed by atoms with Crippen LogP contribution in [0.1, 0.15) is 30.5 Å². The molecule has 0 saturated carbocycles. The van der Waals surface area contributed by atoms with Crippen LogP contribution in [0.5, 0.6) is 0 Å². The van der Waals surface area contributed by atoms with Gasteiger partial charge >= 0.3 is 6.03 Å². The summed E-state index contributed by atoms with van der Waals surface area (Å²) in [5, 5.41) is 7.49. The number of rotatable bonds is 2. The fraction of sp³-hybridized carbons (Fsp3) is 0.500. The van der Waals surface area contributed by atoms with Crippen molar-refractivity contribution in [1.29, 1.82) is 0 Å². The molecule has 2 aromatic rings. The number of benzene rings is 1. The predicted octanol–water partition coefficient (Wildman–Crippen LogP) is 2.09. The van der Waals surface area contributed by atoms with E-state index in [0.717, 1.165) is 49.8 Å². The van der Waals surface area contributed by atoms with Crippen LogP contribution < -0.4 is 10.2 Å². The number of anilines is 1. The van der Waals surface area contributed by atoms with E-state index in [-0.39, 0.29) is 17.9 Å². The fourth-order valence-electron chi connectivity index (χ4n) is 3.67. The molecule has 1 aromatic carbocycles. The highest BCUT2D eigenvalue weighted by atomic mass is 19.1. The number of carbonyl (C=O) groups excluding carboxylic acids is 1. The predicted molar refractivity (Wildman–Crippen MR) is 95.5 cm³/mol. The van der Waals surface area contributed by atoms with E-state index in [1.54, 1.807) is 12.1 Å². The summed E-state index contributed by atoms with van der Waals surface area (Å²) < 4.78 is 15.0. The first-order chi connectivity index (χ1) is 12.6. The van der Waals surface area contributed by atoms with Gasteiger partial charge in [-0.3, -0.25) is 0 Å². The van der Waals surface area contributed by atoms with Gasteiger partial charge in [0.05, 0.1) is 6.04 Å². The first-order valence-electron chi connectivity index (χ1n) is 9.07. The molecule has 0 spiro atoms. The largest absolute Gasteiger partial charge is 0.368 e. The van der Waals surface area contributed by atoms with Crippen molar-refractivity contribution < 1.29 is 9.18 Å². The monoisotopic (exact) mass is 358 g/mol. The maximum Gasteiger partial charge on any atom is 0.318 e. The Hall–Kier alpha value is -2.64. The molecule has 26 heavy (non-hydrogen) atoms. The van der Waals surface area contributed by atoms with Gasteiger partial charge in [0.1, 0.15) is 17.5 Å².